The third-order valence-corrected chi connectivity index (χ3v) is 2.74. The average Bonchev–Trinajstić information content (AvgIpc) is 2.45. The van der Waals surface area contributed by atoms with Gasteiger partial charge in [0.1, 0.15) is 18.2 Å². The highest BCUT2D eigenvalue weighted by molar-refractivity contribution is 5.46. The zero-order valence-electron chi connectivity index (χ0n) is 11.9. The van der Waals surface area contributed by atoms with Gasteiger partial charge in [0.15, 0.2) is 0 Å². The summed E-state index contributed by atoms with van der Waals surface area (Å²) in [5.41, 5.74) is 2.31. The number of hydrogen-bond donors (Lipinski definition) is 0. The Morgan fingerprint density at radius 3 is 2.42 bits per heavy atom. The van der Waals surface area contributed by atoms with E-state index in [-0.39, 0.29) is 0 Å². The van der Waals surface area contributed by atoms with Crippen molar-refractivity contribution in [1.82, 2.24) is 10.2 Å². The minimum Gasteiger partial charge on any atom is -0.473 e. The Balaban J connectivity index is 2.76. The van der Waals surface area contributed by atoms with Gasteiger partial charge in [0.05, 0.1) is 12.3 Å². The van der Waals surface area contributed by atoms with E-state index in [9.17, 15) is 5.26 Å². The topological polar surface area (TPSA) is 68.0 Å². The molecule has 0 bridgehead atoms. The van der Waals surface area contributed by atoms with Gasteiger partial charge in [-0.2, -0.15) is 10.4 Å². The van der Waals surface area contributed by atoms with Gasteiger partial charge in [-0.15, -0.1) is 5.10 Å². The molecule has 0 spiro atoms. The van der Waals surface area contributed by atoms with Crippen molar-refractivity contribution < 1.29 is 9.47 Å². The van der Waals surface area contributed by atoms with Gasteiger partial charge in [0, 0.05) is 6.61 Å². The normalized spacial score (nSPS) is 10.2. The maximum absolute atomic E-state index is 9.26. The summed E-state index contributed by atoms with van der Waals surface area (Å²) in [6.07, 6.45) is 2.50. The van der Waals surface area contributed by atoms with Crippen LogP contribution in [0.1, 0.15) is 44.0 Å². The number of nitriles is 1. The standard InChI is InChI=1S/C14H21N3O2/c1-4-7-18-8-9-19-14-12(10-15)11(5-2)13(6-3)16-17-14/h4-9H2,1-3H3. The first-order valence-corrected chi connectivity index (χ1v) is 6.77. The van der Waals surface area contributed by atoms with Crippen molar-refractivity contribution in [3.8, 4) is 11.9 Å². The van der Waals surface area contributed by atoms with Crippen LogP contribution in [0.15, 0.2) is 0 Å². The second-order valence-electron chi connectivity index (χ2n) is 4.09. The molecule has 0 N–H and O–H groups in total. The lowest BCUT2D eigenvalue weighted by atomic mass is 10.0. The smallest absolute Gasteiger partial charge is 0.251 e. The fraction of sp³-hybridized carbons (Fsp3) is 0.643. The van der Waals surface area contributed by atoms with Gasteiger partial charge in [-0.25, -0.2) is 0 Å². The van der Waals surface area contributed by atoms with E-state index in [0.717, 1.165) is 37.1 Å². The molecule has 104 valence electrons. The molecule has 0 radical (unpaired) electrons. The molecular weight excluding hydrogens is 242 g/mol. The second-order valence-corrected chi connectivity index (χ2v) is 4.09. The summed E-state index contributed by atoms with van der Waals surface area (Å²) in [6, 6.07) is 2.17. The number of nitrogens with zero attached hydrogens (tertiary/aromatic N) is 3. The largest absolute Gasteiger partial charge is 0.473 e. The monoisotopic (exact) mass is 263 g/mol. The van der Waals surface area contributed by atoms with Crippen LogP contribution in [0.4, 0.5) is 0 Å². The highest BCUT2D eigenvalue weighted by Crippen LogP contribution is 2.21. The molecular formula is C14H21N3O2. The van der Waals surface area contributed by atoms with Crippen molar-refractivity contribution in [1.29, 1.82) is 5.26 Å². The second kappa shape index (κ2) is 8.44. The van der Waals surface area contributed by atoms with Crippen LogP contribution in [0.2, 0.25) is 0 Å². The Morgan fingerprint density at radius 2 is 1.84 bits per heavy atom. The maximum Gasteiger partial charge on any atom is 0.251 e. The summed E-state index contributed by atoms with van der Waals surface area (Å²) < 4.78 is 10.8. The highest BCUT2D eigenvalue weighted by atomic mass is 16.5. The van der Waals surface area contributed by atoms with Crippen LogP contribution in [0, 0.1) is 11.3 Å². The fourth-order valence-electron chi connectivity index (χ4n) is 1.81. The maximum atomic E-state index is 9.26. The highest BCUT2D eigenvalue weighted by Gasteiger charge is 2.15. The van der Waals surface area contributed by atoms with Crippen molar-refractivity contribution in [2.24, 2.45) is 0 Å². The summed E-state index contributed by atoms with van der Waals surface area (Å²) in [6.45, 7) is 7.66. The molecule has 0 saturated heterocycles. The predicted octanol–water partition coefficient (Wildman–Crippen LogP) is 2.28. The first kappa shape index (κ1) is 15.4. The van der Waals surface area contributed by atoms with Gasteiger partial charge in [-0.1, -0.05) is 20.8 Å². The molecule has 5 heteroatoms. The molecule has 0 amide bonds. The van der Waals surface area contributed by atoms with Crippen LogP contribution in [0.3, 0.4) is 0 Å². The molecule has 0 saturated carbocycles. The molecule has 1 rings (SSSR count). The van der Waals surface area contributed by atoms with E-state index in [4.69, 9.17) is 9.47 Å². The minimum atomic E-state index is 0.316. The van der Waals surface area contributed by atoms with Crippen molar-refractivity contribution in [3.05, 3.63) is 16.8 Å². The number of aryl methyl sites for hydroxylation is 1. The number of hydrogen-bond acceptors (Lipinski definition) is 5. The summed E-state index contributed by atoms with van der Waals surface area (Å²) in [4.78, 5) is 0. The number of aromatic nitrogens is 2. The van der Waals surface area contributed by atoms with E-state index < -0.39 is 0 Å². The minimum absolute atomic E-state index is 0.316. The first-order chi connectivity index (χ1) is 9.28. The van der Waals surface area contributed by atoms with Gasteiger partial charge < -0.3 is 9.47 Å². The van der Waals surface area contributed by atoms with E-state index in [0.29, 0.717) is 24.7 Å². The van der Waals surface area contributed by atoms with Gasteiger partial charge in [0.2, 0.25) is 0 Å². The number of ether oxygens (including phenoxy) is 2. The summed E-state index contributed by atoms with van der Waals surface area (Å²) in [5, 5.41) is 17.4. The summed E-state index contributed by atoms with van der Waals surface area (Å²) >= 11 is 0. The van der Waals surface area contributed by atoms with Crippen molar-refractivity contribution in [3.63, 3.8) is 0 Å². The van der Waals surface area contributed by atoms with Crippen LogP contribution >= 0.6 is 0 Å². The molecule has 0 unspecified atom stereocenters. The molecule has 0 aliphatic carbocycles. The average molecular weight is 263 g/mol. The third kappa shape index (κ3) is 4.18. The van der Waals surface area contributed by atoms with Gasteiger partial charge >= 0.3 is 0 Å². The molecule has 1 aromatic heterocycles. The molecule has 19 heavy (non-hydrogen) atoms. The van der Waals surface area contributed by atoms with Gasteiger partial charge in [-0.3, -0.25) is 0 Å². The molecule has 0 aliphatic rings. The fourth-order valence-corrected chi connectivity index (χ4v) is 1.81. The Labute approximate surface area is 114 Å². The van der Waals surface area contributed by atoms with Crippen LogP contribution in [0.25, 0.3) is 0 Å². The van der Waals surface area contributed by atoms with E-state index >= 15 is 0 Å². The SMILES string of the molecule is CCCOCCOc1nnc(CC)c(CC)c1C#N. The Morgan fingerprint density at radius 1 is 1.05 bits per heavy atom. The van der Waals surface area contributed by atoms with Crippen molar-refractivity contribution in [2.75, 3.05) is 19.8 Å². The zero-order valence-corrected chi connectivity index (χ0v) is 11.9. The van der Waals surface area contributed by atoms with Crippen LogP contribution in [0.5, 0.6) is 5.88 Å². The van der Waals surface area contributed by atoms with E-state index in [1.165, 1.54) is 0 Å². The predicted molar refractivity (Wildman–Crippen MR) is 72.1 cm³/mol. The Bertz CT molecular complexity index is 441. The quantitative estimate of drug-likeness (QED) is 0.673. The Hall–Kier alpha value is -1.67. The van der Waals surface area contributed by atoms with Crippen molar-refractivity contribution in [2.45, 2.75) is 40.0 Å². The van der Waals surface area contributed by atoms with Crippen LogP contribution < -0.4 is 4.74 Å². The summed E-state index contributed by atoms with van der Waals surface area (Å²) in [5.74, 6) is 0.316. The molecule has 0 aliphatic heterocycles. The lowest BCUT2D eigenvalue weighted by Gasteiger charge is -2.11. The van der Waals surface area contributed by atoms with Gasteiger partial charge in [0.25, 0.3) is 5.88 Å². The van der Waals surface area contributed by atoms with E-state index in [2.05, 4.69) is 23.2 Å². The first-order valence-electron chi connectivity index (χ1n) is 6.77. The molecule has 5 nitrogen and oxygen atoms in total. The molecule has 1 aromatic rings. The Kier molecular flexibility index (Phi) is 6.83. The lowest BCUT2D eigenvalue weighted by molar-refractivity contribution is 0.0984. The molecule has 0 fully saturated rings. The molecule has 0 atom stereocenters. The van der Waals surface area contributed by atoms with E-state index in [1.54, 1.807) is 0 Å². The summed E-state index contributed by atoms with van der Waals surface area (Å²) in [7, 11) is 0. The lowest BCUT2D eigenvalue weighted by Crippen LogP contribution is -2.12. The van der Waals surface area contributed by atoms with Crippen LogP contribution in [-0.4, -0.2) is 30.0 Å². The molecule has 0 aromatic carbocycles. The molecule has 1 heterocycles. The number of rotatable bonds is 8. The zero-order chi connectivity index (χ0) is 14.1. The van der Waals surface area contributed by atoms with Crippen molar-refractivity contribution >= 4 is 0 Å². The third-order valence-electron chi connectivity index (χ3n) is 2.74. The van der Waals surface area contributed by atoms with Crippen LogP contribution in [-0.2, 0) is 17.6 Å². The van der Waals surface area contributed by atoms with E-state index in [1.807, 2.05) is 13.8 Å². The van der Waals surface area contributed by atoms with Gasteiger partial charge in [-0.05, 0) is 24.8 Å².